The van der Waals surface area contributed by atoms with Crippen LogP contribution in [0.25, 0.3) is 0 Å². The van der Waals surface area contributed by atoms with Crippen molar-refractivity contribution in [1.29, 1.82) is 0 Å². The van der Waals surface area contributed by atoms with Gasteiger partial charge in [-0.05, 0) is 49.4 Å². The van der Waals surface area contributed by atoms with Crippen molar-refractivity contribution in [3.63, 3.8) is 0 Å². The number of aromatic nitrogens is 2. The molecule has 2 N–H and O–H groups in total. The number of aryl methyl sites for hydroxylation is 1. The predicted molar refractivity (Wildman–Crippen MR) is 128 cm³/mol. The van der Waals surface area contributed by atoms with Crippen molar-refractivity contribution in [2.45, 2.75) is 11.8 Å². The minimum Gasteiger partial charge on any atom is -0.497 e. The molecule has 0 unspecified atom stereocenters. The molecular formula is C21H23N5O6S2. The molecule has 0 radical (unpaired) electrons. The summed E-state index contributed by atoms with van der Waals surface area (Å²) in [5.41, 5.74) is 1.15. The molecule has 0 fully saturated rings. The van der Waals surface area contributed by atoms with Gasteiger partial charge in [0.15, 0.2) is 0 Å². The van der Waals surface area contributed by atoms with Crippen LogP contribution >= 0.6 is 0 Å². The summed E-state index contributed by atoms with van der Waals surface area (Å²) < 4.78 is 58.0. The van der Waals surface area contributed by atoms with Crippen molar-refractivity contribution < 1.29 is 26.4 Å². The maximum absolute atomic E-state index is 12.6. The molecule has 1 aromatic heterocycles. The highest BCUT2D eigenvalue weighted by atomic mass is 32.2. The van der Waals surface area contributed by atoms with Crippen LogP contribution in [0, 0.1) is 6.92 Å². The predicted octanol–water partition coefficient (Wildman–Crippen LogP) is 2.00. The monoisotopic (exact) mass is 505 g/mol. The molecule has 1 heterocycles. The van der Waals surface area contributed by atoms with Crippen molar-refractivity contribution in [3.05, 3.63) is 66.5 Å². The van der Waals surface area contributed by atoms with E-state index in [1.54, 1.807) is 31.2 Å². The highest BCUT2D eigenvalue weighted by molar-refractivity contribution is 7.92. The zero-order chi connectivity index (χ0) is 24.9. The Labute approximate surface area is 197 Å². The number of anilines is 3. The van der Waals surface area contributed by atoms with Crippen LogP contribution in [-0.4, -0.2) is 52.6 Å². The van der Waals surface area contributed by atoms with Gasteiger partial charge in [0.1, 0.15) is 12.3 Å². The summed E-state index contributed by atoms with van der Waals surface area (Å²) in [7, 11) is -6.27. The molecule has 0 atom stereocenters. The van der Waals surface area contributed by atoms with Gasteiger partial charge in [-0.3, -0.25) is 9.10 Å². The first kappa shape index (κ1) is 24.9. The second-order valence-electron chi connectivity index (χ2n) is 7.17. The molecule has 0 saturated heterocycles. The minimum absolute atomic E-state index is 0.0595. The molecule has 3 aromatic rings. The van der Waals surface area contributed by atoms with Crippen molar-refractivity contribution >= 4 is 43.3 Å². The zero-order valence-electron chi connectivity index (χ0n) is 18.6. The van der Waals surface area contributed by atoms with Crippen LogP contribution in [0.2, 0.25) is 0 Å². The van der Waals surface area contributed by atoms with Gasteiger partial charge in [-0.15, -0.1) is 0 Å². The van der Waals surface area contributed by atoms with E-state index in [-0.39, 0.29) is 22.2 Å². The van der Waals surface area contributed by atoms with E-state index in [2.05, 4.69) is 20.0 Å². The Hall–Kier alpha value is -3.71. The van der Waals surface area contributed by atoms with Crippen molar-refractivity contribution in [2.75, 3.05) is 34.3 Å². The lowest BCUT2D eigenvalue weighted by atomic mass is 10.3. The SMILES string of the molecule is COc1cccc(N(CC(=O)Nc2ccc(S(=O)(=O)Nc3nccc(C)n3)cc2)S(C)(=O)=O)c1. The Morgan fingerprint density at radius 3 is 2.38 bits per heavy atom. The van der Waals surface area contributed by atoms with Crippen LogP contribution in [0.4, 0.5) is 17.3 Å². The van der Waals surface area contributed by atoms with E-state index < -0.39 is 32.5 Å². The Balaban J connectivity index is 1.72. The van der Waals surface area contributed by atoms with Crippen LogP contribution in [0.3, 0.4) is 0 Å². The molecule has 0 aliphatic rings. The van der Waals surface area contributed by atoms with Crippen molar-refractivity contribution in [3.8, 4) is 5.75 Å². The van der Waals surface area contributed by atoms with Crippen molar-refractivity contribution in [1.82, 2.24) is 9.97 Å². The number of carbonyl (C=O) groups is 1. The fourth-order valence-corrected chi connectivity index (χ4v) is 4.69. The number of methoxy groups -OCH3 is 1. The Kier molecular flexibility index (Phi) is 7.37. The first-order valence-electron chi connectivity index (χ1n) is 9.82. The van der Waals surface area contributed by atoms with Gasteiger partial charge in [-0.2, -0.15) is 0 Å². The minimum atomic E-state index is -3.94. The fourth-order valence-electron chi connectivity index (χ4n) is 2.89. The van der Waals surface area contributed by atoms with Crippen LogP contribution in [0.15, 0.2) is 65.7 Å². The highest BCUT2D eigenvalue weighted by Gasteiger charge is 2.22. The molecule has 34 heavy (non-hydrogen) atoms. The maximum Gasteiger partial charge on any atom is 0.264 e. The summed E-state index contributed by atoms with van der Waals surface area (Å²) in [4.78, 5) is 20.4. The summed E-state index contributed by atoms with van der Waals surface area (Å²) >= 11 is 0. The lowest BCUT2D eigenvalue weighted by molar-refractivity contribution is -0.114. The molecule has 0 aliphatic carbocycles. The highest BCUT2D eigenvalue weighted by Crippen LogP contribution is 2.23. The molecule has 11 nitrogen and oxygen atoms in total. The van der Waals surface area contributed by atoms with E-state index in [9.17, 15) is 21.6 Å². The third-order valence-corrected chi connectivity index (χ3v) is 6.98. The van der Waals surface area contributed by atoms with Gasteiger partial charge in [0.2, 0.25) is 21.9 Å². The van der Waals surface area contributed by atoms with E-state index >= 15 is 0 Å². The van der Waals surface area contributed by atoms with Gasteiger partial charge >= 0.3 is 0 Å². The number of rotatable bonds is 9. The van der Waals surface area contributed by atoms with E-state index in [0.29, 0.717) is 11.4 Å². The van der Waals surface area contributed by atoms with Crippen LogP contribution < -0.4 is 19.1 Å². The molecule has 0 spiro atoms. The first-order chi connectivity index (χ1) is 16.0. The lowest BCUT2D eigenvalue weighted by Gasteiger charge is -2.22. The second-order valence-corrected chi connectivity index (χ2v) is 10.8. The number of nitrogens with zero attached hydrogens (tertiary/aromatic N) is 3. The van der Waals surface area contributed by atoms with Gasteiger partial charge in [0.05, 0.1) is 23.9 Å². The largest absolute Gasteiger partial charge is 0.497 e. The Morgan fingerprint density at radius 1 is 1.06 bits per heavy atom. The number of nitrogens with one attached hydrogen (secondary N) is 2. The molecule has 0 aliphatic heterocycles. The number of carbonyl (C=O) groups excluding carboxylic acids is 1. The molecule has 180 valence electrons. The van der Waals surface area contributed by atoms with E-state index in [1.165, 1.54) is 43.6 Å². The number of ether oxygens (including phenoxy) is 1. The average Bonchev–Trinajstić information content (AvgIpc) is 2.77. The summed E-state index contributed by atoms with van der Waals surface area (Å²) in [5, 5.41) is 2.56. The van der Waals surface area contributed by atoms with Gasteiger partial charge in [-0.1, -0.05) is 6.07 Å². The summed E-state index contributed by atoms with van der Waals surface area (Å²) in [6, 6.07) is 13.3. The number of hydrogen-bond donors (Lipinski definition) is 2. The molecule has 1 amide bonds. The fraction of sp³-hybridized carbons (Fsp3) is 0.190. The summed E-state index contributed by atoms with van der Waals surface area (Å²) in [5.74, 6) is -0.237. The standard InChI is InChI=1S/C21H23N5O6S2/c1-15-11-12-22-21(23-15)25-34(30,31)19-9-7-16(8-10-19)24-20(27)14-26(33(3,28)29)17-5-4-6-18(13-17)32-2/h4-13H,14H2,1-3H3,(H,24,27)(H,22,23,25). The number of amides is 1. The molecule has 0 saturated carbocycles. The quantitative estimate of drug-likeness (QED) is 0.449. The number of hydrogen-bond acceptors (Lipinski definition) is 8. The molecule has 13 heteroatoms. The molecule has 0 bridgehead atoms. The zero-order valence-corrected chi connectivity index (χ0v) is 20.2. The number of sulfonamides is 2. The number of benzene rings is 2. The average molecular weight is 506 g/mol. The topological polar surface area (TPSA) is 148 Å². The van der Waals surface area contributed by atoms with E-state index in [4.69, 9.17) is 4.74 Å². The second kappa shape index (κ2) is 10.1. The first-order valence-corrected chi connectivity index (χ1v) is 13.2. The Morgan fingerprint density at radius 2 is 1.76 bits per heavy atom. The van der Waals surface area contributed by atoms with Crippen LogP contribution in [-0.2, 0) is 24.8 Å². The van der Waals surface area contributed by atoms with Gasteiger partial charge in [0, 0.05) is 23.6 Å². The third kappa shape index (κ3) is 6.42. The molecule has 3 rings (SSSR count). The van der Waals surface area contributed by atoms with Gasteiger partial charge in [0.25, 0.3) is 10.0 Å². The van der Waals surface area contributed by atoms with Gasteiger partial charge in [-0.25, -0.2) is 31.5 Å². The van der Waals surface area contributed by atoms with E-state index in [1.807, 2.05) is 0 Å². The molecular weight excluding hydrogens is 482 g/mol. The smallest absolute Gasteiger partial charge is 0.264 e. The maximum atomic E-state index is 12.6. The molecule has 2 aromatic carbocycles. The Bertz CT molecular complexity index is 1390. The summed E-state index contributed by atoms with van der Waals surface area (Å²) in [6.07, 6.45) is 2.43. The van der Waals surface area contributed by atoms with Crippen molar-refractivity contribution in [2.24, 2.45) is 0 Å². The van der Waals surface area contributed by atoms with E-state index in [0.717, 1.165) is 10.6 Å². The normalized spacial score (nSPS) is 11.5. The summed E-state index contributed by atoms with van der Waals surface area (Å²) in [6.45, 7) is 1.22. The van der Waals surface area contributed by atoms with Gasteiger partial charge < -0.3 is 10.1 Å². The third-order valence-electron chi connectivity index (χ3n) is 4.50. The van der Waals surface area contributed by atoms with Crippen LogP contribution in [0.1, 0.15) is 5.69 Å². The van der Waals surface area contributed by atoms with Crippen LogP contribution in [0.5, 0.6) is 5.75 Å². The lowest BCUT2D eigenvalue weighted by Crippen LogP contribution is -2.37.